The average molecular weight is 234 g/mol. The molecule has 1 radical (unpaired) electrons. The lowest BCUT2D eigenvalue weighted by Crippen LogP contribution is -2.48. The maximum atomic E-state index is 11.2. The van der Waals surface area contributed by atoms with Gasteiger partial charge in [-0.05, 0) is 0 Å². The molecule has 6 nitrogen and oxygen atoms in total. The van der Waals surface area contributed by atoms with Crippen LogP contribution in [0.3, 0.4) is 0 Å². The van der Waals surface area contributed by atoms with Gasteiger partial charge in [0.1, 0.15) is 0 Å². The van der Waals surface area contributed by atoms with Crippen molar-refractivity contribution in [2.45, 2.75) is 0 Å². The van der Waals surface area contributed by atoms with Gasteiger partial charge in [-0.15, -0.1) is 0 Å². The summed E-state index contributed by atoms with van der Waals surface area (Å²) in [6, 6.07) is 0. The highest BCUT2D eigenvalue weighted by molar-refractivity contribution is 7.88. The maximum absolute atomic E-state index is 11.2. The molecule has 2 N–H and O–H groups in total. The fourth-order valence-corrected chi connectivity index (χ4v) is 2.29. The molecule has 1 aliphatic rings. The zero-order valence-corrected chi connectivity index (χ0v) is 9.53. The van der Waals surface area contributed by atoms with Gasteiger partial charge in [0.25, 0.3) is 0 Å². The molecular formula is C8H16N3O3S. The number of nitrogens with zero attached hydrogens (tertiary/aromatic N) is 2. The highest BCUT2D eigenvalue weighted by Gasteiger charge is 2.23. The van der Waals surface area contributed by atoms with E-state index < -0.39 is 15.9 Å². The van der Waals surface area contributed by atoms with Crippen molar-refractivity contribution in [2.24, 2.45) is 5.73 Å². The van der Waals surface area contributed by atoms with Gasteiger partial charge in [-0.2, -0.15) is 4.31 Å². The average Bonchev–Trinajstić information content (AvgIpc) is 2.14. The van der Waals surface area contributed by atoms with Crippen molar-refractivity contribution < 1.29 is 13.2 Å². The molecule has 0 atom stereocenters. The molecule has 1 rings (SSSR count). The molecule has 0 aromatic rings. The van der Waals surface area contributed by atoms with Crippen LogP contribution in [0, 0.1) is 6.42 Å². The molecule has 0 unspecified atom stereocenters. The molecule has 0 saturated carbocycles. The maximum Gasteiger partial charge on any atom is 0.222 e. The van der Waals surface area contributed by atoms with Crippen LogP contribution < -0.4 is 5.73 Å². The summed E-state index contributed by atoms with van der Waals surface area (Å²) < 4.78 is 23.8. The Bertz CT molecular complexity index is 320. The molecule has 0 aromatic heterocycles. The minimum absolute atomic E-state index is 0.444. The van der Waals surface area contributed by atoms with E-state index >= 15 is 0 Å². The van der Waals surface area contributed by atoms with E-state index in [2.05, 4.69) is 0 Å². The van der Waals surface area contributed by atoms with Crippen LogP contribution in [0.2, 0.25) is 0 Å². The number of nitrogens with two attached hydrogens (primary N) is 1. The van der Waals surface area contributed by atoms with Gasteiger partial charge in [0.2, 0.25) is 15.9 Å². The quantitative estimate of drug-likeness (QED) is 0.625. The second-order valence-electron chi connectivity index (χ2n) is 3.57. The molecule has 0 aliphatic carbocycles. The summed E-state index contributed by atoms with van der Waals surface area (Å²) in [5.41, 5.74) is 4.98. The summed E-state index contributed by atoms with van der Waals surface area (Å²) in [7, 11) is -3.08. The van der Waals surface area contributed by atoms with Crippen LogP contribution in [-0.2, 0) is 14.8 Å². The van der Waals surface area contributed by atoms with E-state index in [9.17, 15) is 13.2 Å². The summed E-state index contributed by atoms with van der Waals surface area (Å²) in [5.74, 6) is -0.444. The van der Waals surface area contributed by atoms with Crippen LogP contribution >= 0.6 is 0 Å². The van der Waals surface area contributed by atoms with E-state index in [1.54, 1.807) is 0 Å². The van der Waals surface area contributed by atoms with Crippen LogP contribution in [0.4, 0.5) is 0 Å². The van der Waals surface area contributed by atoms with Gasteiger partial charge in [-0.1, -0.05) is 0 Å². The first-order chi connectivity index (χ1) is 6.89. The number of sulfonamides is 1. The molecule has 0 spiro atoms. The standard InChI is InChI=1S/C8H16N3O3S/c1-15(13,14)11-6-4-10(5-7-11)3-2-8(9)12/h2H,3-7H2,1H3,(H2,9,12). The van der Waals surface area contributed by atoms with Gasteiger partial charge in [0.05, 0.1) is 12.7 Å². The predicted molar refractivity (Wildman–Crippen MR) is 56.4 cm³/mol. The van der Waals surface area contributed by atoms with Gasteiger partial charge < -0.3 is 5.73 Å². The van der Waals surface area contributed by atoms with Crippen LogP contribution in [0.5, 0.6) is 0 Å². The Kier molecular flexibility index (Phi) is 4.06. The van der Waals surface area contributed by atoms with Crippen molar-refractivity contribution in [1.29, 1.82) is 0 Å². The molecule has 0 aromatic carbocycles. The van der Waals surface area contributed by atoms with E-state index in [-0.39, 0.29) is 0 Å². The number of carbonyl (C=O) groups is 1. The van der Waals surface area contributed by atoms with E-state index in [0.717, 1.165) is 0 Å². The third-order valence-corrected chi connectivity index (χ3v) is 3.65. The van der Waals surface area contributed by atoms with Gasteiger partial charge in [0.15, 0.2) is 0 Å². The topological polar surface area (TPSA) is 83.7 Å². The van der Waals surface area contributed by atoms with Gasteiger partial charge >= 0.3 is 0 Å². The zero-order valence-electron chi connectivity index (χ0n) is 8.72. The lowest BCUT2D eigenvalue weighted by molar-refractivity contribution is -0.115. The van der Waals surface area contributed by atoms with E-state index in [1.807, 2.05) is 4.90 Å². The third kappa shape index (κ3) is 4.15. The van der Waals surface area contributed by atoms with Crippen molar-refractivity contribution in [3.05, 3.63) is 6.42 Å². The van der Waals surface area contributed by atoms with E-state index in [1.165, 1.54) is 17.0 Å². The number of hydrogen-bond donors (Lipinski definition) is 1. The molecule has 7 heteroatoms. The van der Waals surface area contributed by atoms with Crippen molar-refractivity contribution >= 4 is 15.9 Å². The van der Waals surface area contributed by atoms with Crippen molar-refractivity contribution in [3.8, 4) is 0 Å². The highest BCUT2D eigenvalue weighted by Crippen LogP contribution is 2.05. The minimum atomic E-state index is -3.08. The Morgan fingerprint density at radius 3 is 2.27 bits per heavy atom. The largest absolute Gasteiger partial charge is 0.369 e. The molecule has 1 fully saturated rings. The zero-order chi connectivity index (χ0) is 11.5. The number of primary amides is 1. The van der Waals surface area contributed by atoms with Crippen molar-refractivity contribution in [1.82, 2.24) is 9.21 Å². The summed E-state index contributed by atoms with van der Waals surface area (Å²) in [6.45, 7) is 2.72. The van der Waals surface area contributed by atoms with Crippen LogP contribution in [0.15, 0.2) is 0 Å². The normalized spacial score (nSPS) is 20.3. The lowest BCUT2D eigenvalue weighted by Gasteiger charge is -2.32. The highest BCUT2D eigenvalue weighted by atomic mass is 32.2. The number of piperazine rings is 1. The summed E-state index contributed by atoms with van der Waals surface area (Å²) in [4.78, 5) is 12.5. The van der Waals surface area contributed by atoms with Crippen LogP contribution in [-0.4, -0.2) is 62.5 Å². The summed E-state index contributed by atoms with van der Waals surface area (Å²) in [6.07, 6.45) is 2.61. The number of hydrogen-bond acceptors (Lipinski definition) is 4. The smallest absolute Gasteiger partial charge is 0.222 e. The van der Waals surface area contributed by atoms with Gasteiger partial charge in [-0.3, -0.25) is 9.69 Å². The molecule has 1 saturated heterocycles. The first-order valence-electron chi connectivity index (χ1n) is 4.70. The second-order valence-corrected chi connectivity index (χ2v) is 5.55. The Morgan fingerprint density at radius 1 is 1.33 bits per heavy atom. The van der Waals surface area contributed by atoms with Crippen molar-refractivity contribution in [3.63, 3.8) is 0 Å². The molecule has 87 valence electrons. The lowest BCUT2D eigenvalue weighted by atomic mass is 10.3. The van der Waals surface area contributed by atoms with E-state index in [4.69, 9.17) is 5.73 Å². The Labute approximate surface area is 90.1 Å². The predicted octanol–water partition coefficient (Wildman–Crippen LogP) is -1.75. The van der Waals surface area contributed by atoms with Gasteiger partial charge in [0, 0.05) is 32.7 Å². The van der Waals surface area contributed by atoms with Crippen LogP contribution in [0.25, 0.3) is 0 Å². The third-order valence-electron chi connectivity index (χ3n) is 2.35. The minimum Gasteiger partial charge on any atom is -0.369 e. The molecule has 1 aliphatic heterocycles. The molecule has 0 bridgehead atoms. The summed E-state index contributed by atoms with van der Waals surface area (Å²) >= 11 is 0. The fourth-order valence-electron chi connectivity index (χ4n) is 1.46. The monoisotopic (exact) mass is 234 g/mol. The van der Waals surface area contributed by atoms with E-state index in [0.29, 0.717) is 32.7 Å². The Hall–Kier alpha value is -0.660. The van der Waals surface area contributed by atoms with Crippen molar-refractivity contribution in [2.75, 3.05) is 39.0 Å². The molecule has 15 heavy (non-hydrogen) atoms. The number of carbonyl (C=O) groups excluding carboxylic acids is 1. The molecule has 1 heterocycles. The first kappa shape index (κ1) is 12.4. The first-order valence-corrected chi connectivity index (χ1v) is 6.54. The second kappa shape index (κ2) is 4.91. The van der Waals surface area contributed by atoms with Gasteiger partial charge in [-0.25, -0.2) is 8.42 Å². The molecular weight excluding hydrogens is 218 g/mol. The Morgan fingerprint density at radius 2 is 1.87 bits per heavy atom. The fraction of sp³-hybridized carbons (Fsp3) is 0.750. The summed E-state index contributed by atoms with van der Waals surface area (Å²) in [5, 5.41) is 0. The number of amides is 1. The van der Waals surface area contributed by atoms with Crippen LogP contribution in [0.1, 0.15) is 0 Å². The molecule has 1 amide bonds. The SMILES string of the molecule is CS(=O)(=O)N1CCN(C[CH]C(N)=O)CC1. The number of rotatable bonds is 4. The Balaban J connectivity index is 2.33.